The smallest absolute Gasteiger partial charge is 0.262 e. The molecule has 1 amide bonds. The third-order valence-electron chi connectivity index (χ3n) is 5.65. The lowest BCUT2D eigenvalue weighted by atomic mass is 9.96. The van der Waals surface area contributed by atoms with Crippen LogP contribution < -0.4 is 14.9 Å². The minimum Gasteiger partial charge on any atom is -0.482 e. The van der Waals surface area contributed by atoms with Crippen LogP contribution in [0.3, 0.4) is 0 Å². The molecule has 2 aliphatic rings. The zero-order chi connectivity index (χ0) is 21.2. The lowest BCUT2D eigenvalue weighted by Gasteiger charge is -2.18. The summed E-state index contributed by atoms with van der Waals surface area (Å²) in [6.45, 7) is 2.15. The summed E-state index contributed by atoms with van der Waals surface area (Å²) in [6.07, 6.45) is 8.00. The first-order valence-electron chi connectivity index (χ1n) is 10.6. The van der Waals surface area contributed by atoms with E-state index in [-0.39, 0.29) is 12.5 Å². The quantitative estimate of drug-likeness (QED) is 0.564. The van der Waals surface area contributed by atoms with Crippen molar-refractivity contribution in [3.8, 4) is 17.0 Å². The Morgan fingerprint density at radius 2 is 2.06 bits per heavy atom. The largest absolute Gasteiger partial charge is 0.482 e. The number of carbonyl (C=O) groups excluding carboxylic acids is 1. The summed E-state index contributed by atoms with van der Waals surface area (Å²) in [5, 5.41) is 11.9. The fourth-order valence-corrected chi connectivity index (χ4v) is 5.62. The Balaban J connectivity index is 1.58. The van der Waals surface area contributed by atoms with E-state index < -0.39 is 0 Å². The van der Waals surface area contributed by atoms with Crippen molar-refractivity contribution in [2.45, 2.75) is 45.1 Å². The molecule has 1 aliphatic carbocycles. The van der Waals surface area contributed by atoms with Gasteiger partial charge >= 0.3 is 0 Å². The molecule has 3 aromatic rings. The van der Waals surface area contributed by atoms with Crippen LogP contribution in [-0.2, 0) is 4.79 Å². The molecule has 3 heterocycles. The number of nitrogens with one attached hydrogen (secondary N) is 1. The highest BCUT2D eigenvalue weighted by Gasteiger charge is 2.18. The third kappa shape index (κ3) is 4.36. The molecule has 1 fully saturated rings. The zero-order valence-electron chi connectivity index (χ0n) is 17.3. The SMILES string of the molecule is Cc1ccsc1C=Nn1c(-c2ccc3c(c2)NC(=O)CO3)csc1=NC1CCCCC1. The third-order valence-corrected chi connectivity index (χ3v) is 7.44. The number of anilines is 1. The van der Waals surface area contributed by atoms with E-state index in [1.54, 1.807) is 22.7 Å². The summed E-state index contributed by atoms with van der Waals surface area (Å²) >= 11 is 3.29. The van der Waals surface area contributed by atoms with Gasteiger partial charge in [-0.25, -0.2) is 4.68 Å². The van der Waals surface area contributed by atoms with Crippen LogP contribution in [0.5, 0.6) is 5.75 Å². The van der Waals surface area contributed by atoms with Gasteiger partial charge in [-0.05, 0) is 55.0 Å². The normalized spacial score (nSPS) is 17.6. The molecule has 0 unspecified atom stereocenters. The van der Waals surface area contributed by atoms with Crippen LogP contribution in [0.4, 0.5) is 5.69 Å². The van der Waals surface area contributed by atoms with Crippen LogP contribution >= 0.6 is 22.7 Å². The maximum atomic E-state index is 11.8. The topological polar surface area (TPSA) is 68.0 Å². The highest BCUT2D eigenvalue weighted by atomic mass is 32.1. The van der Waals surface area contributed by atoms with Crippen molar-refractivity contribution in [3.05, 3.63) is 50.3 Å². The molecule has 1 aromatic carbocycles. The van der Waals surface area contributed by atoms with Crippen molar-refractivity contribution in [2.75, 3.05) is 11.9 Å². The van der Waals surface area contributed by atoms with Crippen molar-refractivity contribution in [1.82, 2.24) is 4.68 Å². The van der Waals surface area contributed by atoms with Gasteiger partial charge in [0.05, 0.1) is 28.5 Å². The molecule has 1 aliphatic heterocycles. The molecule has 31 heavy (non-hydrogen) atoms. The summed E-state index contributed by atoms with van der Waals surface area (Å²) in [5.41, 5.74) is 3.82. The number of hydrogen-bond donors (Lipinski definition) is 1. The van der Waals surface area contributed by atoms with E-state index in [1.807, 2.05) is 29.1 Å². The molecule has 0 radical (unpaired) electrons. The van der Waals surface area contributed by atoms with E-state index >= 15 is 0 Å². The van der Waals surface area contributed by atoms with Crippen molar-refractivity contribution in [3.63, 3.8) is 0 Å². The number of carbonyl (C=O) groups is 1. The van der Waals surface area contributed by atoms with E-state index in [4.69, 9.17) is 14.8 Å². The Hall–Kier alpha value is -2.71. The number of rotatable bonds is 4. The van der Waals surface area contributed by atoms with Gasteiger partial charge in [-0.2, -0.15) is 5.10 Å². The first-order chi connectivity index (χ1) is 15.2. The van der Waals surface area contributed by atoms with Crippen LogP contribution in [-0.4, -0.2) is 29.4 Å². The summed E-state index contributed by atoms with van der Waals surface area (Å²) < 4.78 is 7.45. The molecular weight excluding hydrogens is 428 g/mol. The van der Waals surface area contributed by atoms with Crippen LogP contribution in [0.1, 0.15) is 42.5 Å². The van der Waals surface area contributed by atoms with Crippen LogP contribution in [0, 0.1) is 6.92 Å². The number of amides is 1. The zero-order valence-corrected chi connectivity index (χ0v) is 19.0. The van der Waals surface area contributed by atoms with Crippen molar-refractivity contribution in [2.24, 2.45) is 10.1 Å². The lowest BCUT2D eigenvalue weighted by Crippen LogP contribution is -2.25. The number of benzene rings is 1. The van der Waals surface area contributed by atoms with E-state index in [0.717, 1.165) is 33.8 Å². The number of fused-ring (bicyclic) bond motifs is 1. The molecule has 0 bridgehead atoms. The van der Waals surface area contributed by atoms with Gasteiger partial charge in [0.1, 0.15) is 5.75 Å². The second-order valence-corrected chi connectivity index (χ2v) is 9.68. The molecule has 0 spiro atoms. The summed E-state index contributed by atoms with van der Waals surface area (Å²) in [7, 11) is 0. The maximum Gasteiger partial charge on any atom is 0.262 e. The minimum atomic E-state index is -0.137. The summed E-state index contributed by atoms with van der Waals surface area (Å²) in [4.78, 5) is 18.9. The lowest BCUT2D eigenvalue weighted by molar-refractivity contribution is -0.118. The van der Waals surface area contributed by atoms with E-state index in [0.29, 0.717) is 17.5 Å². The molecule has 8 heteroatoms. The molecule has 5 rings (SSSR count). The van der Waals surface area contributed by atoms with Gasteiger partial charge in [-0.1, -0.05) is 19.3 Å². The maximum absolute atomic E-state index is 11.8. The van der Waals surface area contributed by atoms with Gasteiger partial charge < -0.3 is 10.1 Å². The van der Waals surface area contributed by atoms with Gasteiger partial charge in [0.2, 0.25) is 4.80 Å². The minimum absolute atomic E-state index is 0.0552. The second kappa shape index (κ2) is 8.80. The Morgan fingerprint density at radius 1 is 1.19 bits per heavy atom. The average molecular weight is 453 g/mol. The highest BCUT2D eigenvalue weighted by Crippen LogP contribution is 2.33. The molecule has 1 N–H and O–H groups in total. The standard InChI is InChI=1S/C23H24N4O2S2/c1-15-9-10-30-21(15)12-24-27-19(14-31-23(27)25-17-5-3-2-4-6-17)16-7-8-20-18(11-16)26-22(28)13-29-20/h7-12,14,17H,2-6,13H2,1H3,(H,26,28). The number of aromatic nitrogens is 1. The molecule has 0 atom stereocenters. The first kappa shape index (κ1) is 20.2. The summed E-state index contributed by atoms with van der Waals surface area (Å²) in [6, 6.07) is 8.32. The predicted molar refractivity (Wildman–Crippen MR) is 126 cm³/mol. The Kier molecular flexibility index (Phi) is 5.74. The highest BCUT2D eigenvalue weighted by molar-refractivity contribution is 7.11. The molecule has 2 aromatic heterocycles. The van der Waals surface area contributed by atoms with Gasteiger partial charge in [0, 0.05) is 10.9 Å². The van der Waals surface area contributed by atoms with Gasteiger partial charge in [0.15, 0.2) is 6.61 Å². The number of thiazole rings is 1. The molecule has 160 valence electrons. The Bertz CT molecular complexity index is 1200. The monoisotopic (exact) mass is 452 g/mol. The number of ether oxygens (including phenoxy) is 1. The van der Waals surface area contributed by atoms with Crippen molar-refractivity contribution in [1.29, 1.82) is 0 Å². The molecule has 6 nitrogen and oxygen atoms in total. The fraction of sp³-hybridized carbons (Fsp3) is 0.348. The van der Waals surface area contributed by atoms with E-state index in [1.165, 1.54) is 24.8 Å². The number of thiophene rings is 1. The Morgan fingerprint density at radius 3 is 2.87 bits per heavy atom. The first-order valence-corrected chi connectivity index (χ1v) is 12.3. The second-order valence-electron chi connectivity index (χ2n) is 7.90. The van der Waals surface area contributed by atoms with E-state index in [2.05, 4.69) is 29.1 Å². The molecule has 0 saturated heterocycles. The van der Waals surface area contributed by atoms with Gasteiger partial charge in [0.25, 0.3) is 5.91 Å². The number of aryl methyl sites for hydroxylation is 1. The molecule has 1 saturated carbocycles. The number of hydrogen-bond acceptors (Lipinski definition) is 6. The van der Waals surface area contributed by atoms with Crippen LogP contribution in [0.15, 0.2) is 45.1 Å². The fourth-order valence-electron chi connectivity index (χ4n) is 3.93. The van der Waals surface area contributed by atoms with Gasteiger partial charge in [-0.15, -0.1) is 22.7 Å². The van der Waals surface area contributed by atoms with Crippen LogP contribution in [0.2, 0.25) is 0 Å². The average Bonchev–Trinajstić information content (AvgIpc) is 3.38. The number of nitrogens with zero attached hydrogens (tertiary/aromatic N) is 3. The van der Waals surface area contributed by atoms with Crippen molar-refractivity contribution < 1.29 is 9.53 Å². The van der Waals surface area contributed by atoms with E-state index in [9.17, 15) is 4.79 Å². The van der Waals surface area contributed by atoms with Gasteiger partial charge in [-0.3, -0.25) is 9.79 Å². The Labute approximate surface area is 188 Å². The van der Waals surface area contributed by atoms with Crippen LogP contribution in [0.25, 0.3) is 11.3 Å². The molecular formula is C23H24N4O2S2. The summed E-state index contributed by atoms with van der Waals surface area (Å²) in [5.74, 6) is 0.553. The van der Waals surface area contributed by atoms with Crippen molar-refractivity contribution >= 4 is 40.5 Å². The predicted octanol–water partition coefficient (Wildman–Crippen LogP) is 5.03.